The van der Waals surface area contributed by atoms with E-state index in [9.17, 15) is 4.79 Å². The summed E-state index contributed by atoms with van der Waals surface area (Å²) >= 11 is 0. The minimum absolute atomic E-state index is 0. The maximum atomic E-state index is 12.1. The molecule has 0 saturated carbocycles. The van der Waals surface area contributed by atoms with Crippen LogP contribution in [0, 0.1) is 0 Å². The van der Waals surface area contributed by atoms with Crippen molar-refractivity contribution >= 4 is 30.7 Å². The number of hydrogen-bond donors (Lipinski definition) is 2. The summed E-state index contributed by atoms with van der Waals surface area (Å²) in [5.74, 6) is 0.0799. The van der Waals surface area contributed by atoms with Crippen molar-refractivity contribution in [2.75, 3.05) is 46.0 Å². The van der Waals surface area contributed by atoms with Gasteiger partial charge in [0.15, 0.2) is 0 Å². The minimum Gasteiger partial charge on any atom is -0.378 e. The van der Waals surface area contributed by atoms with Crippen LogP contribution in [0.1, 0.15) is 26.7 Å². The van der Waals surface area contributed by atoms with Crippen molar-refractivity contribution in [1.29, 1.82) is 0 Å². The molecule has 2 aliphatic heterocycles. The van der Waals surface area contributed by atoms with Crippen molar-refractivity contribution < 1.29 is 14.3 Å². The molecule has 0 spiro atoms. The van der Waals surface area contributed by atoms with E-state index in [4.69, 9.17) is 9.47 Å². The molecule has 138 valence electrons. The van der Waals surface area contributed by atoms with E-state index >= 15 is 0 Å². The maximum Gasteiger partial charge on any atom is 0.239 e. The molecule has 8 heteroatoms. The second-order valence-electron chi connectivity index (χ2n) is 6.13. The number of likely N-dealkylation sites (tertiary alicyclic amines) is 1. The van der Waals surface area contributed by atoms with Gasteiger partial charge in [0, 0.05) is 32.2 Å². The van der Waals surface area contributed by atoms with Crippen molar-refractivity contribution in [2.24, 2.45) is 0 Å². The first-order valence-corrected chi connectivity index (χ1v) is 8.10. The molecule has 2 rings (SSSR count). The summed E-state index contributed by atoms with van der Waals surface area (Å²) in [4.78, 5) is 14.5. The van der Waals surface area contributed by atoms with Crippen LogP contribution < -0.4 is 10.6 Å². The van der Waals surface area contributed by atoms with Gasteiger partial charge in [0.2, 0.25) is 5.91 Å². The standard InChI is InChI=1S/C15H29N3O3.2ClH/c1-12(2)21-10-8-18-6-3-13(4-7-18)17-15(19)14-11-20-9-5-16-14;;/h12-14,16H,3-11H2,1-2H3,(H,17,19);2*1H. The molecular weight excluding hydrogens is 341 g/mol. The number of ether oxygens (including phenoxy) is 2. The molecule has 0 radical (unpaired) electrons. The lowest BCUT2D eigenvalue weighted by Gasteiger charge is -2.33. The van der Waals surface area contributed by atoms with Crippen LogP contribution in [0.25, 0.3) is 0 Å². The van der Waals surface area contributed by atoms with Crippen molar-refractivity contribution in [2.45, 2.75) is 44.9 Å². The molecule has 2 N–H and O–H groups in total. The molecule has 1 amide bonds. The summed E-state index contributed by atoms with van der Waals surface area (Å²) in [6.45, 7) is 9.89. The lowest BCUT2D eigenvalue weighted by molar-refractivity contribution is -0.127. The van der Waals surface area contributed by atoms with Gasteiger partial charge in [0.25, 0.3) is 0 Å². The summed E-state index contributed by atoms with van der Waals surface area (Å²) in [6.07, 6.45) is 2.33. The van der Waals surface area contributed by atoms with Crippen LogP contribution in [0.3, 0.4) is 0 Å². The summed E-state index contributed by atoms with van der Waals surface area (Å²) in [7, 11) is 0. The lowest BCUT2D eigenvalue weighted by atomic mass is 10.0. The molecule has 0 aromatic heterocycles. The van der Waals surface area contributed by atoms with Gasteiger partial charge in [-0.25, -0.2) is 0 Å². The third kappa shape index (κ3) is 8.52. The van der Waals surface area contributed by atoms with E-state index < -0.39 is 0 Å². The first kappa shape index (κ1) is 22.9. The zero-order valence-electron chi connectivity index (χ0n) is 14.1. The molecule has 0 aromatic carbocycles. The third-order valence-corrected chi connectivity index (χ3v) is 4.03. The largest absolute Gasteiger partial charge is 0.378 e. The monoisotopic (exact) mass is 371 g/mol. The molecule has 6 nitrogen and oxygen atoms in total. The van der Waals surface area contributed by atoms with E-state index in [1.54, 1.807) is 0 Å². The van der Waals surface area contributed by atoms with E-state index in [0.29, 0.717) is 25.4 Å². The Labute approximate surface area is 151 Å². The smallest absolute Gasteiger partial charge is 0.239 e. The van der Waals surface area contributed by atoms with Gasteiger partial charge in [-0.1, -0.05) is 0 Å². The Bertz CT molecular complexity index is 321. The van der Waals surface area contributed by atoms with Gasteiger partial charge < -0.3 is 25.0 Å². The molecular formula is C15H31Cl2N3O3. The number of carbonyl (C=O) groups is 1. The molecule has 1 atom stereocenters. The van der Waals surface area contributed by atoms with Gasteiger partial charge in [-0.05, 0) is 26.7 Å². The van der Waals surface area contributed by atoms with E-state index in [1.807, 2.05) is 0 Å². The number of nitrogens with one attached hydrogen (secondary N) is 2. The van der Waals surface area contributed by atoms with E-state index in [1.165, 1.54) is 0 Å². The summed E-state index contributed by atoms with van der Waals surface area (Å²) in [6, 6.07) is 0.111. The van der Waals surface area contributed by atoms with Crippen LogP contribution in [0.5, 0.6) is 0 Å². The molecule has 0 aromatic rings. The number of hydrogen-bond acceptors (Lipinski definition) is 5. The number of carbonyl (C=O) groups excluding carboxylic acids is 1. The van der Waals surface area contributed by atoms with Crippen LogP contribution in [-0.2, 0) is 14.3 Å². The highest BCUT2D eigenvalue weighted by atomic mass is 35.5. The molecule has 0 bridgehead atoms. The Kier molecular flexibility index (Phi) is 12.2. The van der Waals surface area contributed by atoms with Gasteiger partial charge in [-0.2, -0.15) is 0 Å². The second-order valence-corrected chi connectivity index (χ2v) is 6.13. The summed E-state index contributed by atoms with van der Waals surface area (Å²) in [5.41, 5.74) is 0. The Balaban J connectivity index is 0.00000242. The number of rotatable bonds is 6. The SMILES string of the molecule is CC(C)OCCN1CCC(NC(=O)C2COCCN2)CC1.Cl.Cl. The average Bonchev–Trinajstić information content (AvgIpc) is 2.49. The number of amides is 1. The fraction of sp³-hybridized carbons (Fsp3) is 0.933. The zero-order valence-corrected chi connectivity index (χ0v) is 15.7. The van der Waals surface area contributed by atoms with Crippen LogP contribution in [0.15, 0.2) is 0 Å². The molecule has 0 aliphatic carbocycles. The molecule has 2 fully saturated rings. The molecule has 23 heavy (non-hydrogen) atoms. The first-order chi connectivity index (χ1) is 10.1. The average molecular weight is 372 g/mol. The van der Waals surface area contributed by atoms with Crippen molar-refractivity contribution in [3.8, 4) is 0 Å². The van der Waals surface area contributed by atoms with E-state index in [0.717, 1.165) is 45.6 Å². The van der Waals surface area contributed by atoms with Gasteiger partial charge >= 0.3 is 0 Å². The summed E-state index contributed by atoms with van der Waals surface area (Å²) in [5, 5.41) is 6.34. The fourth-order valence-electron chi connectivity index (χ4n) is 2.75. The lowest BCUT2D eigenvalue weighted by Crippen LogP contribution is -2.55. The number of morpholine rings is 1. The second kappa shape index (κ2) is 12.3. The Morgan fingerprint density at radius 3 is 2.61 bits per heavy atom. The van der Waals surface area contributed by atoms with Gasteiger partial charge in [-0.15, -0.1) is 24.8 Å². The van der Waals surface area contributed by atoms with Gasteiger partial charge in [0.05, 0.1) is 25.9 Å². The predicted octanol–water partition coefficient (Wildman–Crippen LogP) is 0.824. The first-order valence-electron chi connectivity index (χ1n) is 8.10. The van der Waals surface area contributed by atoms with Crippen LogP contribution >= 0.6 is 24.8 Å². The van der Waals surface area contributed by atoms with Crippen molar-refractivity contribution in [3.63, 3.8) is 0 Å². The topological polar surface area (TPSA) is 62.8 Å². The number of halogens is 2. The van der Waals surface area contributed by atoms with Crippen LogP contribution in [0.4, 0.5) is 0 Å². The summed E-state index contributed by atoms with van der Waals surface area (Å²) < 4.78 is 10.9. The number of piperidine rings is 1. The quantitative estimate of drug-likeness (QED) is 0.723. The molecule has 2 heterocycles. The fourth-order valence-corrected chi connectivity index (χ4v) is 2.75. The van der Waals surface area contributed by atoms with E-state index in [2.05, 4.69) is 29.4 Å². The van der Waals surface area contributed by atoms with Crippen molar-refractivity contribution in [1.82, 2.24) is 15.5 Å². The Morgan fingerprint density at radius 2 is 2.04 bits per heavy atom. The highest BCUT2D eigenvalue weighted by Gasteiger charge is 2.25. The van der Waals surface area contributed by atoms with Crippen LogP contribution in [0.2, 0.25) is 0 Å². The highest BCUT2D eigenvalue weighted by molar-refractivity contribution is 5.85. The van der Waals surface area contributed by atoms with E-state index in [-0.39, 0.29) is 36.8 Å². The minimum atomic E-state index is -0.184. The number of nitrogens with zero attached hydrogens (tertiary/aromatic N) is 1. The normalized spacial score (nSPS) is 23.0. The third-order valence-electron chi connectivity index (χ3n) is 4.03. The van der Waals surface area contributed by atoms with Gasteiger partial charge in [0.1, 0.15) is 6.04 Å². The maximum absolute atomic E-state index is 12.1. The molecule has 2 aliphatic rings. The molecule has 1 unspecified atom stereocenters. The predicted molar refractivity (Wildman–Crippen MR) is 95.8 cm³/mol. The van der Waals surface area contributed by atoms with Gasteiger partial charge in [-0.3, -0.25) is 4.79 Å². The Morgan fingerprint density at radius 1 is 1.35 bits per heavy atom. The van der Waals surface area contributed by atoms with Crippen LogP contribution in [-0.4, -0.2) is 75.0 Å². The molecule has 2 saturated heterocycles. The zero-order chi connectivity index (χ0) is 15.1. The highest BCUT2D eigenvalue weighted by Crippen LogP contribution is 2.10. The van der Waals surface area contributed by atoms with Crippen molar-refractivity contribution in [3.05, 3.63) is 0 Å². The Hall–Kier alpha value is -0.110.